The van der Waals surface area contributed by atoms with Crippen LogP contribution in [0.15, 0.2) is 47.6 Å². The van der Waals surface area contributed by atoms with Crippen LogP contribution in [-0.2, 0) is 24.3 Å². The van der Waals surface area contributed by atoms with Gasteiger partial charge < -0.3 is 9.67 Å². The zero-order chi connectivity index (χ0) is 27.2. The molecule has 0 bridgehead atoms. The third kappa shape index (κ3) is 6.05. The average Bonchev–Trinajstić information content (AvgIpc) is 3.56. The Morgan fingerprint density at radius 2 is 1.79 bits per heavy atom. The van der Waals surface area contributed by atoms with Gasteiger partial charge in [-0.15, -0.1) is 11.3 Å². The number of benzene rings is 1. The van der Waals surface area contributed by atoms with E-state index in [1.807, 2.05) is 36.7 Å². The number of unbranched alkanes of at least 4 members (excludes halogenated alkanes) is 2. The van der Waals surface area contributed by atoms with Crippen LogP contribution in [0.1, 0.15) is 83.8 Å². The number of imide groups is 1. The van der Waals surface area contributed by atoms with Gasteiger partial charge >= 0.3 is 12.0 Å². The van der Waals surface area contributed by atoms with Crippen LogP contribution in [0.4, 0.5) is 4.79 Å². The Morgan fingerprint density at radius 1 is 1.05 bits per heavy atom. The summed E-state index contributed by atoms with van der Waals surface area (Å²) in [6, 6.07) is 8.45. The number of aryl methyl sites for hydroxylation is 2. The Bertz CT molecular complexity index is 1350. The number of nitrogens with one attached hydrogen (secondary N) is 1. The van der Waals surface area contributed by atoms with Crippen molar-refractivity contribution in [2.75, 3.05) is 0 Å². The summed E-state index contributed by atoms with van der Waals surface area (Å²) in [6.07, 6.45) is 7.00. The highest BCUT2D eigenvalue weighted by Crippen LogP contribution is 2.32. The van der Waals surface area contributed by atoms with Crippen LogP contribution in [0, 0.1) is 6.92 Å². The van der Waals surface area contributed by atoms with Crippen LogP contribution < -0.4 is 5.32 Å². The number of urea groups is 1. The predicted molar refractivity (Wildman–Crippen MR) is 148 cm³/mol. The van der Waals surface area contributed by atoms with Gasteiger partial charge in [0.05, 0.1) is 24.0 Å². The minimum Gasteiger partial charge on any atom is -0.478 e. The van der Waals surface area contributed by atoms with Crippen molar-refractivity contribution in [3.63, 3.8) is 0 Å². The summed E-state index contributed by atoms with van der Waals surface area (Å²) in [5, 5.41) is 13.8. The van der Waals surface area contributed by atoms with E-state index in [9.17, 15) is 19.5 Å². The van der Waals surface area contributed by atoms with Gasteiger partial charge in [-0.25, -0.2) is 14.6 Å². The molecule has 1 aliphatic rings. The molecule has 0 radical (unpaired) electrons. The number of allylic oxidation sites excluding steroid dienone is 1. The van der Waals surface area contributed by atoms with Crippen LogP contribution in [0.3, 0.4) is 0 Å². The second-order valence-electron chi connectivity index (χ2n) is 9.59. The summed E-state index contributed by atoms with van der Waals surface area (Å²) in [4.78, 5) is 44.9. The molecule has 200 valence electrons. The minimum atomic E-state index is -0.965. The van der Waals surface area contributed by atoms with E-state index in [0.29, 0.717) is 25.2 Å². The first-order valence-electron chi connectivity index (χ1n) is 13.1. The summed E-state index contributed by atoms with van der Waals surface area (Å²) in [7, 11) is 0. The Hall–Kier alpha value is -3.72. The highest BCUT2D eigenvalue weighted by atomic mass is 32.1. The number of amides is 3. The van der Waals surface area contributed by atoms with Gasteiger partial charge in [0.1, 0.15) is 11.5 Å². The largest absolute Gasteiger partial charge is 0.478 e. The van der Waals surface area contributed by atoms with E-state index in [1.54, 1.807) is 28.4 Å². The molecule has 0 unspecified atom stereocenters. The molecule has 0 spiro atoms. The molecule has 8 nitrogen and oxygen atoms in total. The maximum atomic E-state index is 13.2. The van der Waals surface area contributed by atoms with Crippen LogP contribution in [0.25, 0.3) is 5.57 Å². The molecule has 2 aromatic heterocycles. The Morgan fingerprint density at radius 3 is 2.42 bits per heavy atom. The van der Waals surface area contributed by atoms with Crippen LogP contribution in [-0.4, -0.2) is 37.5 Å². The molecule has 3 heterocycles. The van der Waals surface area contributed by atoms with Crippen molar-refractivity contribution in [3.05, 3.63) is 80.7 Å². The number of carbonyl (C=O) groups excluding carboxylic acids is 2. The van der Waals surface area contributed by atoms with Crippen LogP contribution in [0.5, 0.6) is 0 Å². The van der Waals surface area contributed by atoms with Gasteiger partial charge in [0, 0.05) is 23.4 Å². The van der Waals surface area contributed by atoms with Crippen LogP contribution >= 0.6 is 11.3 Å². The van der Waals surface area contributed by atoms with E-state index < -0.39 is 12.0 Å². The smallest absolute Gasteiger partial charge is 0.335 e. The molecule has 1 aliphatic heterocycles. The molecule has 2 N–H and O–H groups in total. The number of imidazole rings is 1. The Kier molecular flexibility index (Phi) is 8.78. The van der Waals surface area contributed by atoms with Gasteiger partial charge in [-0.05, 0) is 60.9 Å². The van der Waals surface area contributed by atoms with E-state index in [2.05, 4.69) is 23.7 Å². The fourth-order valence-corrected chi connectivity index (χ4v) is 5.38. The maximum Gasteiger partial charge on any atom is 0.335 e. The minimum absolute atomic E-state index is 0.233. The molecule has 0 aliphatic carbocycles. The van der Waals surface area contributed by atoms with Gasteiger partial charge in [0.2, 0.25) is 0 Å². The van der Waals surface area contributed by atoms with Crippen molar-refractivity contribution in [1.82, 2.24) is 19.8 Å². The molecule has 1 fully saturated rings. The van der Waals surface area contributed by atoms with Gasteiger partial charge in [0.25, 0.3) is 5.91 Å². The number of carboxylic acid groups (broad SMARTS) is 1. The van der Waals surface area contributed by atoms with E-state index in [0.717, 1.165) is 65.2 Å². The molecular weight excluding hydrogens is 500 g/mol. The summed E-state index contributed by atoms with van der Waals surface area (Å²) in [6.45, 7) is 7.05. The van der Waals surface area contributed by atoms with Crippen molar-refractivity contribution >= 4 is 34.8 Å². The molecule has 3 amide bonds. The lowest BCUT2D eigenvalue weighted by atomic mass is 10.0. The highest BCUT2D eigenvalue weighted by Gasteiger charge is 2.36. The monoisotopic (exact) mass is 534 g/mol. The average molecular weight is 535 g/mol. The predicted octanol–water partition coefficient (Wildman–Crippen LogP) is 6.00. The number of carboxylic acids is 1. The molecular formula is C29H34N4O4S. The molecule has 1 saturated heterocycles. The number of hydrogen-bond acceptors (Lipinski definition) is 5. The molecule has 1 aromatic carbocycles. The first kappa shape index (κ1) is 27.3. The molecule has 0 saturated carbocycles. The van der Waals surface area contributed by atoms with Gasteiger partial charge in [-0.1, -0.05) is 38.8 Å². The van der Waals surface area contributed by atoms with Crippen molar-refractivity contribution in [1.29, 1.82) is 0 Å². The number of rotatable bonds is 12. The normalized spacial score (nSPS) is 14.8. The Labute approximate surface area is 227 Å². The zero-order valence-corrected chi connectivity index (χ0v) is 22.9. The third-order valence-corrected chi connectivity index (χ3v) is 7.60. The number of carbonyl (C=O) groups is 3. The first-order chi connectivity index (χ1) is 18.3. The third-order valence-electron chi connectivity index (χ3n) is 6.69. The van der Waals surface area contributed by atoms with Crippen molar-refractivity contribution < 1.29 is 19.5 Å². The lowest BCUT2D eigenvalue weighted by Crippen LogP contribution is -2.27. The molecule has 3 aromatic rings. The van der Waals surface area contributed by atoms with Crippen LogP contribution in [0.2, 0.25) is 0 Å². The van der Waals surface area contributed by atoms with Crippen molar-refractivity contribution in [2.24, 2.45) is 0 Å². The molecule has 4 rings (SSSR count). The molecule has 0 atom stereocenters. The summed E-state index contributed by atoms with van der Waals surface area (Å²) in [5.41, 5.74) is 4.16. The fourth-order valence-electron chi connectivity index (χ4n) is 4.68. The van der Waals surface area contributed by atoms with E-state index in [-0.39, 0.29) is 11.5 Å². The van der Waals surface area contributed by atoms with E-state index >= 15 is 0 Å². The first-order valence-corrected chi connectivity index (χ1v) is 14.0. The second-order valence-corrected chi connectivity index (χ2v) is 10.7. The number of thiophene rings is 1. The van der Waals surface area contributed by atoms with Gasteiger partial charge in [0.15, 0.2) is 0 Å². The SMILES string of the molecule is CCCCC(=C1C(=O)NC(=O)N1Cc1csc(C)c1)c1cnc(CCCC)n1Cc1ccc(C(=O)O)cc1. The maximum absolute atomic E-state index is 13.2. The summed E-state index contributed by atoms with van der Waals surface area (Å²) < 4.78 is 2.12. The number of aromatic nitrogens is 2. The van der Waals surface area contributed by atoms with Crippen molar-refractivity contribution in [2.45, 2.75) is 72.4 Å². The lowest BCUT2D eigenvalue weighted by molar-refractivity contribution is -0.116. The van der Waals surface area contributed by atoms with Gasteiger partial charge in [-0.3, -0.25) is 15.0 Å². The second kappa shape index (κ2) is 12.2. The van der Waals surface area contributed by atoms with E-state index in [1.165, 1.54) is 0 Å². The molecule has 38 heavy (non-hydrogen) atoms. The van der Waals surface area contributed by atoms with E-state index in [4.69, 9.17) is 4.98 Å². The standard InChI is InChI=1S/C29H34N4O4S/c1-4-6-8-23(26-27(34)31-29(37)33(26)17-21-14-19(3)38-18-21)24-15-30-25(9-7-5-2)32(24)16-20-10-12-22(13-11-20)28(35)36/h10-15,18H,4-9,16-17H2,1-3H3,(H,35,36)(H,31,34,37). The number of aromatic carboxylic acids is 1. The fraction of sp³-hybridized carbons (Fsp3) is 0.379. The topological polar surface area (TPSA) is 105 Å². The Balaban J connectivity index is 1.81. The quantitative estimate of drug-likeness (QED) is 0.219. The number of hydrogen-bond donors (Lipinski definition) is 2. The van der Waals surface area contributed by atoms with Gasteiger partial charge in [-0.2, -0.15) is 0 Å². The highest BCUT2D eigenvalue weighted by molar-refractivity contribution is 7.10. The van der Waals surface area contributed by atoms with Crippen molar-refractivity contribution in [3.8, 4) is 0 Å². The zero-order valence-electron chi connectivity index (χ0n) is 22.1. The lowest BCUT2D eigenvalue weighted by Gasteiger charge is -2.21. The summed E-state index contributed by atoms with van der Waals surface area (Å²) in [5.74, 6) is -0.446. The summed E-state index contributed by atoms with van der Waals surface area (Å²) >= 11 is 1.62. The number of nitrogens with zero attached hydrogens (tertiary/aromatic N) is 3. The molecule has 9 heteroatoms.